The maximum absolute atomic E-state index is 16.9. The van der Waals surface area contributed by atoms with Crippen LogP contribution in [0, 0.1) is 30.9 Å². The standard InChI is InChI=1S/C34H33F3N6O2/c1-3-24-26(36)8-5-19-11-23(44)12-25(28(19)24)30-29(37)31-27(18(2)38-30)32(42-15-21-6-7-22(16-42)39-21)41-33(40-31)45-17-34-9-4-10-43(34)14-20(35)13-34/h1,5,8,11-12,20-22,39,44H,4,6-7,9-10,13-17H2,2H3/t20-,21?,22?,34+/m1/s1. The van der Waals surface area contributed by atoms with Crippen LogP contribution in [0.25, 0.3) is 32.9 Å². The van der Waals surface area contributed by atoms with Crippen LogP contribution in [0.2, 0.25) is 0 Å². The number of ether oxygens (including phenoxy) is 1. The highest BCUT2D eigenvalue weighted by Gasteiger charge is 2.49. The summed E-state index contributed by atoms with van der Waals surface area (Å²) in [5.41, 5.74) is 0.0434. The number of halogens is 3. The molecule has 2 aromatic carbocycles. The van der Waals surface area contributed by atoms with Crippen LogP contribution in [0.5, 0.6) is 11.8 Å². The molecule has 0 amide bonds. The number of rotatable bonds is 5. The van der Waals surface area contributed by atoms with Gasteiger partial charge in [-0.05, 0) is 62.7 Å². The number of aryl methyl sites for hydroxylation is 1. The summed E-state index contributed by atoms with van der Waals surface area (Å²) in [4.78, 5) is 18.4. The number of piperazine rings is 1. The van der Waals surface area contributed by atoms with Crippen LogP contribution in [0.1, 0.15) is 43.4 Å². The van der Waals surface area contributed by atoms with E-state index in [1.165, 1.54) is 24.3 Å². The van der Waals surface area contributed by atoms with Gasteiger partial charge in [0.05, 0.1) is 22.2 Å². The summed E-state index contributed by atoms with van der Waals surface area (Å²) < 4.78 is 52.5. The van der Waals surface area contributed by atoms with Gasteiger partial charge in [-0.15, -0.1) is 6.42 Å². The zero-order valence-corrected chi connectivity index (χ0v) is 24.9. The smallest absolute Gasteiger partial charge is 0.319 e. The minimum atomic E-state index is -0.915. The van der Waals surface area contributed by atoms with Crippen molar-refractivity contribution in [2.45, 2.75) is 62.8 Å². The minimum Gasteiger partial charge on any atom is -0.508 e. The quantitative estimate of drug-likeness (QED) is 0.304. The molecule has 4 saturated heterocycles. The number of phenolic OH excluding ortho intramolecular Hbond substituents is 1. The molecule has 2 unspecified atom stereocenters. The van der Waals surface area contributed by atoms with Gasteiger partial charge in [0.2, 0.25) is 0 Å². The molecule has 45 heavy (non-hydrogen) atoms. The number of hydrogen-bond donors (Lipinski definition) is 2. The van der Waals surface area contributed by atoms with Crippen LogP contribution in [0.15, 0.2) is 24.3 Å². The van der Waals surface area contributed by atoms with Gasteiger partial charge >= 0.3 is 6.01 Å². The molecule has 2 aromatic heterocycles. The Kier molecular flexibility index (Phi) is 6.59. The van der Waals surface area contributed by atoms with Gasteiger partial charge in [-0.1, -0.05) is 12.0 Å². The predicted molar refractivity (Wildman–Crippen MR) is 165 cm³/mol. The molecule has 8 nitrogen and oxygen atoms in total. The number of benzene rings is 2. The molecule has 4 fully saturated rings. The average Bonchev–Trinajstić information content (AvgIpc) is 3.67. The molecule has 0 saturated carbocycles. The highest BCUT2D eigenvalue weighted by atomic mass is 19.1. The molecule has 4 aromatic rings. The summed E-state index contributed by atoms with van der Waals surface area (Å²) in [5.74, 6) is 1.39. The third-order valence-electron chi connectivity index (χ3n) is 10.1. The molecule has 4 aliphatic heterocycles. The van der Waals surface area contributed by atoms with E-state index in [0.29, 0.717) is 48.3 Å². The Balaban J connectivity index is 1.30. The van der Waals surface area contributed by atoms with Crippen molar-refractivity contribution >= 4 is 27.5 Å². The molecule has 6 heterocycles. The number of hydrogen-bond acceptors (Lipinski definition) is 8. The number of terminal acetylenes is 1. The molecule has 11 heteroatoms. The first-order valence-corrected chi connectivity index (χ1v) is 15.6. The van der Waals surface area contributed by atoms with Crippen LogP contribution >= 0.6 is 0 Å². The Hall–Kier alpha value is -4.14. The lowest BCUT2D eigenvalue weighted by Crippen LogP contribution is -2.51. The maximum Gasteiger partial charge on any atom is 0.319 e. The molecular formula is C34H33F3N6O2. The summed E-state index contributed by atoms with van der Waals surface area (Å²) in [5, 5.41) is 15.4. The lowest BCUT2D eigenvalue weighted by molar-refractivity contribution is 0.107. The molecule has 8 rings (SSSR count). The molecule has 232 valence electrons. The van der Waals surface area contributed by atoms with E-state index in [9.17, 15) is 13.9 Å². The van der Waals surface area contributed by atoms with Crippen molar-refractivity contribution in [1.82, 2.24) is 25.2 Å². The summed E-state index contributed by atoms with van der Waals surface area (Å²) in [7, 11) is 0. The van der Waals surface area contributed by atoms with E-state index in [1.807, 2.05) is 0 Å². The van der Waals surface area contributed by atoms with E-state index in [0.717, 1.165) is 32.2 Å². The Bertz CT molecular complexity index is 1900. The summed E-state index contributed by atoms with van der Waals surface area (Å²) in [6, 6.07) is 6.09. The Morgan fingerprint density at radius 1 is 1.11 bits per heavy atom. The van der Waals surface area contributed by atoms with Gasteiger partial charge in [-0.3, -0.25) is 4.90 Å². The minimum absolute atomic E-state index is 0.00843. The van der Waals surface area contributed by atoms with E-state index >= 15 is 4.39 Å². The second kappa shape index (κ2) is 10.5. The van der Waals surface area contributed by atoms with Crippen LogP contribution in [-0.4, -0.2) is 81.5 Å². The second-order valence-electron chi connectivity index (χ2n) is 13.0. The fourth-order valence-corrected chi connectivity index (χ4v) is 8.15. The first-order chi connectivity index (χ1) is 21.7. The van der Waals surface area contributed by atoms with Gasteiger partial charge in [-0.25, -0.2) is 18.2 Å². The van der Waals surface area contributed by atoms with Crippen molar-refractivity contribution in [3.05, 3.63) is 47.2 Å². The largest absolute Gasteiger partial charge is 0.508 e. The zero-order valence-electron chi connectivity index (χ0n) is 24.9. The van der Waals surface area contributed by atoms with Gasteiger partial charge < -0.3 is 20.1 Å². The monoisotopic (exact) mass is 614 g/mol. The highest BCUT2D eigenvalue weighted by Crippen LogP contribution is 2.42. The van der Waals surface area contributed by atoms with Crippen molar-refractivity contribution in [2.75, 3.05) is 37.7 Å². The first-order valence-electron chi connectivity index (χ1n) is 15.6. The summed E-state index contributed by atoms with van der Waals surface area (Å²) in [6.45, 7) is 4.54. The highest BCUT2D eigenvalue weighted by molar-refractivity contribution is 6.03. The topological polar surface area (TPSA) is 86.6 Å². The number of aromatic nitrogens is 3. The number of anilines is 1. The second-order valence-corrected chi connectivity index (χ2v) is 13.0. The summed E-state index contributed by atoms with van der Waals surface area (Å²) in [6.07, 6.45) is 9.04. The molecule has 0 radical (unpaired) electrons. The third-order valence-corrected chi connectivity index (χ3v) is 10.1. The van der Waals surface area contributed by atoms with Crippen LogP contribution in [-0.2, 0) is 0 Å². The number of fused-ring (bicyclic) bond motifs is 5. The van der Waals surface area contributed by atoms with E-state index in [2.05, 4.69) is 31.0 Å². The zero-order chi connectivity index (χ0) is 31.0. The van der Waals surface area contributed by atoms with E-state index in [-0.39, 0.29) is 58.2 Å². The number of nitrogens with zero attached hydrogens (tertiary/aromatic N) is 5. The van der Waals surface area contributed by atoms with Gasteiger partial charge in [0.1, 0.15) is 41.4 Å². The van der Waals surface area contributed by atoms with Crippen LogP contribution < -0.4 is 15.0 Å². The molecule has 0 spiro atoms. The summed E-state index contributed by atoms with van der Waals surface area (Å²) >= 11 is 0. The normalized spacial score (nSPS) is 26.1. The number of pyridine rings is 1. The molecule has 4 aliphatic rings. The molecule has 2 bridgehead atoms. The molecule has 0 aliphatic carbocycles. The lowest BCUT2D eigenvalue weighted by Gasteiger charge is -2.35. The fourth-order valence-electron chi connectivity index (χ4n) is 8.15. The van der Waals surface area contributed by atoms with Gasteiger partial charge in [0.25, 0.3) is 0 Å². The van der Waals surface area contributed by atoms with Crippen molar-refractivity contribution in [3.8, 4) is 35.4 Å². The first kappa shape index (κ1) is 28.3. The molecule has 4 atom stereocenters. The third kappa shape index (κ3) is 4.57. The van der Waals surface area contributed by atoms with Crippen LogP contribution in [0.3, 0.4) is 0 Å². The van der Waals surface area contributed by atoms with Crippen molar-refractivity contribution in [2.24, 2.45) is 0 Å². The maximum atomic E-state index is 16.9. The number of alkyl halides is 1. The van der Waals surface area contributed by atoms with E-state index in [4.69, 9.17) is 16.1 Å². The van der Waals surface area contributed by atoms with E-state index < -0.39 is 23.3 Å². The van der Waals surface area contributed by atoms with Crippen LogP contribution in [0.4, 0.5) is 19.0 Å². The Morgan fingerprint density at radius 3 is 2.69 bits per heavy atom. The average molecular weight is 615 g/mol. The number of aromatic hydroxyl groups is 1. The van der Waals surface area contributed by atoms with Gasteiger partial charge in [0.15, 0.2) is 5.82 Å². The number of nitrogens with one attached hydrogen (secondary N) is 1. The van der Waals surface area contributed by atoms with E-state index in [1.54, 1.807) is 6.92 Å². The van der Waals surface area contributed by atoms with Crippen molar-refractivity contribution in [1.29, 1.82) is 0 Å². The Morgan fingerprint density at radius 2 is 1.91 bits per heavy atom. The van der Waals surface area contributed by atoms with Gasteiger partial charge in [0, 0.05) is 49.1 Å². The number of phenols is 1. The predicted octanol–water partition coefficient (Wildman–Crippen LogP) is 5.01. The van der Waals surface area contributed by atoms with Crippen molar-refractivity contribution in [3.63, 3.8) is 0 Å². The lowest BCUT2D eigenvalue weighted by atomic mass is 9.95. The van der Waals surface area contributed by atoms with Gasteiger partial charge in [-0.2, -0.15) is 9.97 Å². The van der Waals surface area contributed by atoms with Crippen molar-refractivity contribution < 1.29 is 23.0 Å². The SMILES string of the molecule is C#Cc1c(F)ccc2cc(O)cc(-c3nc(C)c4c(N5CC6CCC(C5)N6)nc(OC[C@@]56CCCN5C[C@H](F)C6)nc4c3F)c12. The fraction of sp³-hybridized carbons (Fsp3) is 0.441. The molecule has 2 N–H and O–H groups in total. The molecular weight excluding hydrogens is 581 g/mol. The Labute approximate surface area is 258 Å².